The first-order valence-corrected chi connectivity index (χ1v) is 5.37. The molecule has 1 aliphatic rings. The second-order valence-electron chi connectivity index (χ2n) is 3.90. The van der Waals surface area contributed by atoms with Gasteiger partial charge >= 0.3 is 0 Å². The Balaban J connectivity index is 2.17. The fourth-order valence-corrected chi connectivity index (χ4v) is 1.88. The minimum atomic E-state index is 0.353. The van der Waals surface area contributed by atoms with Crippen molar-refractivity contribution in [3.63, 3.8) is 0 Å². The molecule has 0 spiro atoms. The van der Waals surface area contributed by atoms with Crippen LogP contribution in [0.25, 0.3) is 11.3 Å². The highest BCUT2D eigenvalue weighted by Gasteiger charge is 2.21. The van der Waals surface area contributed by atoms with E-state index >= 15 is 0 Å². The zero-order valence-electron chi connectivity index (χ0n) is 9.40. The van der Waals surface area contributed by atoms with E-state index < -0.39 is 0 Å². The number of benzene rings is 1. The van der Waals surface area contributed by atoms with Crippen molar-refractivity contribution in [1.29, 1.82) is 0 Å². The van der Waals surface area contributed by atoms with Crippen molar-refractivity contribution >= 4 is 5.82 Å². The number of nitrogens with two attached hydrogens (primary N) is 1. The molecule has 0 saturated heterocycles. The largest absolute Gasteiger partial charge is 0.486 e. The summed E-state index contributed by atoms with van der Waals surface area (Å²) in [4.78, 5) is 0. The predicted octanol–water partition coefficient (Wildman–Crippen LogP) is 2.00. The number of ether oxygens (including phenoxy) is 2. The van der Waals surface area contributed by atoms with Crippen molar-refractivity contribution < 1.29 is 14.0 Å². The third-order valence-corrected chi connectivity index (χ3v) is 2.68. The molecule has 5 nitrogen and oxygen atoms in total. The van der Waals surface area contributed by atoms with Crippen LogP contribution in [0.3, 0.4) is 0 Å². The summed E-state index contributed by atoms with van der Waals surface area (Å²) in [5.74, 6) is 2.41. The zero-order chi connectivity index (χ0) is 11.8. The summed E-state index contributed by atoms with van der Waals surface area (Å²) in [5.41, 5.74) is 7.40. The number of aromatic nitrogens is 1. The lowest BCUT2D eigenvalue weighted by Crippen LogP contribution is -2.16. The van der Waals surface area contributed by atoms with E-state index in [4.69, 9.17) is 19.7 Å². The highest BCUT2D eigenvalue weighted by molar-refractivity contribution is 5.73. The van der Waals surface area contributed by atoms with Crippen molar-refractivity contribution in [3.8, 4) is 22.8 Å². The average Bonchev–Trinajstić information content (AvgIpc) is 2.77. The van der Waals surface area contributed by atoms with Crippen LogP contribution < -0.4 is 15.2 Å². The van der Waals surface area contributed by atoms with Gasteiger partial charge < -0.3 is 19.7 Å². The second-order valence-corrected chi connectivity index (χ2v) is 3.90. The number of anilines is 1. The lowest BCUT2D eigenvalue weighted by molar-refractivity contribution is 0.171. The highest BCUT2D eigenvalue weighted by atomic mass is 16.6. The van der Waals surface area contributed by atoms with Crippen LogP contribution in [0.5, 0.6) is 11.5 Å². The van der Waals surface area contributed by atoms with Crippen LogP contribution in [-0.2, 0) is 0 Å². The number of rotatable bonds is 1. The summed E-state index contributed by atoms with van der Waals surface area (Å²) in [7, 11) is 0. The third-order valence-electron chi connectivity index (χ3n) is 2.68. The van der Waals surface area contributed by atoms with E-state index in [2.05, 4.69) is 5.16 Å². The Morgan fingerprint density at radius 3 is 2.65 bits per heavy atom. The summed E-state index contributed by atoms with van der Waals surface area (Å²) in [6, 6.07) is 5.55. The van der Waals surface area contributed by atoms with Crippen LogP contribution in [0.4, 0.5) is 5.82 Å². The molecule has 3 rings (SSSR count). The number of hydrogen-bond donors (Lipinski definition) is 1. The van der Waals surface area contributed by atoms with Gasteiger partial charge in [-0.05, 0) is 18.6 Å². The maximum atomic E-state index is 5.65. The molecule has 0 bridgehead atoms. The molecule has 1 aliphatic heterocycles. The summed E-state index contributed by atoms with van der Waals surface area (Å²) in [6.45, 7) is 3.08. The van der Waals surface area contributed by atoms with E-state index in [1.54, 1.807) is 6.07 Å². The Labute approximate surface area is 98.1 Å². The molecule has 0 radical (unpaired) electrons. The fraction of sp³-hybridized carbons (Fsp3) is 0.250. The molecular formula is C12H12N2O3. The van der Waals surface area contributed by atoms with Crippen LogP contribution in [0, 0.1) is 6.92 Å². The van der Waals surface area contributed by atoms with Gasteiger partial charge in [0.2, 0.25) is 0 Å². The Bertz CT molecular complexity index is 563. The molecule has 0 unspecified atom stereocenters. The first kappa shape index (κ1) is 10.0. The molecule has 1 aromatic carbocycles. The minimum Gasteiger partial charge on any atom is -0.486 e. The van der Waals surface area contributed by atoms with Crippen molar-refractivity contribution in [1.82, 2.24) is 5.16 Å². The smallest absolute Gasteiger partial charge is 0.172 e. The van der Waals surface area contributed by atoms with Gasteiger partial charge in [0.1, 0.15) is 13.2 Å². The van der Waals surface area contributed by atoms with Crippen LogP contribution in [0.1, 0.15) is 5.56 Å². The van der Waals surface area contributed by atoms with Crippen LogP contribution in [-0.4, -0.2) is 18.4 Å². The summed E-state index contributed by atoms with van der Waals surface area (Å²) in [6.07, 6.45) is 0. The van der Waals surface area contributed by atoms with Crippen molar-refractivity contribution in [2.75, 3.05) is 18.9 Å². The van der Waals surface area contributed by atoms with Crippen LogP contribution in [0.15, 0.2) is 22.7 Å². The van der Waals surface area contributed by atoms with Crippen molar-refractivity contribution in [2.45, 2.75) is 6.92 Å². The molecule has 0 saturated carbocycles. The zero-order valence-corrected chi connectivity index (χ0v) is 9.40. The van der Waals surface area contributed by atoms with Crippen LogP contribution in [0.2, 0.25) is 0 Å². The quantitative estimate of drug-likeness (QED) is 0.814. The molecule has 0 aliphatic carbocycles. The Hall–Kier alpha value is -2.17. The average molecular weight is 232 g/mol. The molecule has 2 aromatic rings. The van der Waals surface area contributed by atoms with Crippen molar-refractivity contribution in [2.24, 2.45) is 0 Å². The SMILES string of the molecule is Cc1ccc(-c2cc(N)no2)c2c1OCCO2. The molecule has 0 amide bonds. The van der Waals surface area contributed by atoms with Gasteiger partial charge in [-0.25, -0.2) is 0 Å². The molecular weight excluding hydrogens is 220 g/mol. The maximum absolute atomic E-state index is 5.65. The summed E-state index contributed by atoms with van der Waals surface area (Å²) < 4.78 is 16.4. The Morgan fingerprint density at radius 1 is 1.18 bits per heavy atom. The number of aryl methyl sites for hydroxylation is 1. The molecule has 2 N–H and O–H groups in total. The van der Waals surface area contributed by atoms with Crippen LogP contribution >= 0.6 is 0 Å². The normalized spacial score (nSPS) is 13.7. The monoisotopic (exact) mass is 232 g/mol. The molecule has 2 heterocycles. The first-order chi connectivity index (χ1) is 8.25. The maximum Gasteiger partial charge on any atom is 0.172 e. The second kappa shape index (κ2) is 3.69. The molecule has 1 aromatic heterocycles. The number of nitrogen functional groups attached to an aromatic ring is 1. The topological polar surface area (TPSA) is 70.5 Å². The van der Waals surface area contributed by atoms with E-state index in [9.17, 15) is 0 Å². The van der Waals surface area contributed by atoms with Gasteiger partial charge in [0, 0.05) is 6.07 Å². The van der Waals surface area contributed by atoms with E-state index in [0.29, 0.717) is 30.5 Å². The standard InChI is InChI=1S/C12H12N2O3/c1-7-2-3-8(9-6-10(13)14-17-9)12-11(7)15-4-5-16-12/h2-3,6H,4-5H2,1H3,(H2,13,14). The van der Waals surface area contributed by atoms with E-state index in [1.807, 2.05) is 19.1 Å². The summed E-state index contributed by atoms with van der Waals surface area (Å²) in [5, 5.41) is 3.67. The minimum absolute atomic E-state index is 0.353. The predicted molar refractivity (Wildman–Crippen MR) is 62.1 cm³/mol. The van der Waals surface area contributed by atoms with Crippen molar-refractivity contribution in [3.05, 3.63) is 23.8 Å². The van der Waals surface area contributed by atoms with Gasteiger partial charge in [-0.1, -0.05) is 11.2 Å². The number of fused-ring (bicyclic) bond motifs is 1. The lowest BCUT2D eigenvalue weighted by Gasteiger charge is -2.21. The van der Waals surface area contributed by atoms with Gasteiger partial charge in [-0.2, -0.15) is 0 Å². The molecule has 5 heteroatoms. The van der Waals surface area contributed by atoms with Gasteiger partial charge in [0.15, 0.2) is 23.1 Å². The highest BCUT2D eigenvalue weighted by Crippen LogP contribution is 2.42. The first-order valence-electron chi connectivity index (χ1n) is 5.37. The van der Waals surface area contributed by atoms with E-state index in [1.165, 1.54) is 0 Å². The molecule has 88 valence electrons. The molecule has 0 fully saturated rings. The summed E-state index contributed by atoms with van der Waals surface area (Å²) >= 11 is 0. The molecule has 0 atom stereocenters. The fourth-order valence-electron chi connectivity index (χ4n) is 1.88. The number of hydrogen-bond acceptors (Lipinski definition) is 5. The Morgan fingerprint density at radius 2 is 1.94 bits per heavy atom. The van der Waals surface area contributed by atoms with Gasteiger partial charge in [-0.15, -0.1) is 0 Å². The van der Waals surface area contributed by atoms with Gasteiger partial charge in [0.05, 0.1) is 5.56 Å². The molecule has 17 heavy (non-hydrogen) atoms. The van der Waals surface area contributed by atoms with E-state index in [0.717, 1.165) is 16.9 Å². The van der Waals surface area contributed by atoms with E-state index in [-0.39, 0.29) is 0 Å². The lowest BCUT2D eigenvalue weighted by atomic mass is 10.1. The third kappa shape index (κ3) is 1.60. The number of nitrogens with zero attached hydrogens (tertiary/aromatic N) is 1. The van der Waals surface area contributed by atoms with Gasteiger partial charge in [0.25, 0.3) is 0 Å². The van der Waals surface area contributed by atoms with Gasteiger partial charge in [-0.3, -0.25) is 0 Å². The Kier molecular flexibility index (Phi) is 2.18.